The molecule has 20 heavy (non-hydrogen) atoms. The molecule has 0 saturated heterocycles. The van der Waals surface area contributed by atoms with E-state index in [0.717, 1.165) is 30.8 Å². The molecular formula is C17H25N3. The van der Waals surface area contributed by atoms with E-state index in [-0.39, 0.29) is 0 Å². The van der Waals surface area contributed by atoms with Crippen molar-refractivity contribution in [2.75, 3.05) is 24.5 Å². The molecule has 3 heteroatoms. The molecule has 0 aliphatic heterocycles. The summed E-state index contributed by atoms with van der Waals surface area (Å²) in [5, 5.41) is 1.25. The van der Waals surface area contributed by atoms with Crippen LogP contribution in [0.4, 0.5) is 5.82 Å². The summed E-state index contributed by atoms with van der Waals surface area (Å²) < 4.78 is 0. The minimum atomic E-state index is 0.659. The maximum atomic E-state index is 5.78. The second-order valence-electron chi connectivity index (χ2n) is 5.28. The van der Waals surface area contributed by atoms with Crippen LogP contribution in [0.15, 0.2) is 18.2 Å². The predicted molar refractivity (Wildman–Crippen MR) is 87.5 cm³/mol. The zero-order valence-electron chi connectivity index (χ0n) is 13.0. The van der Waals surface area contributed by atoms with E-state index >= 15 is 0 Å². The van der Waals surface area contributed by atoms with Crippen LogP contribution in [-0.2, 0) is 6.42 Å². The summed E-state index contributed by atoms with van der Waals surface area (Å²) in [6.07, 6.45) is 0.877. The quantitative estimate of drug-likeness (QED) is 0.908. The van der Waals surface area contributed by atoms with Crippen LogP contribution in [0.3, 0.4) is 0 Å². The number of aromatic nitrogens is 1. The molecule has 0 bridgehead atoms. The molecule has 2 rings (SSSR count). The summed E-state index contributed by atoms with van der Waals surface area (Å²) in [4.78, 5) is 7.28. The van der Waals surface area contributed by atoms with Crippen LogP contribution in [0.2, 0.25) is 0 Å². The van der Waals surface area contributed by atoms with Gasteiger partial charge in [0.1, 0.15) is 5.82 Å². The number of aryl methyl sites for hydroxylation is 2. The highest BCUT2D eigenvalue weighted by Crippen LogP contribution is 2.28. The van der Waals surface area contributed by atoms with E-state index in [4.69, 9.17) is 10.7 Å². The van der Waals surface area contributed by atoms with Gasteiger partial charge in [0.05, 0.1) is 5.52 Å². The molecule has 108 valence electrons. The zero-order chi connectivity index (χ0) is 14.7. The van der Waals surface area contributed by atoms with Gasteiger partial charge in [0.2, 0.25) is 0 Å². The van der Waals surface area contributed by atoms with Crippen molar-refractivity contribution >= 4 is 16.7 Å². The molecule has 0 fully saturated rings. The van der Waals surface area contributed by atoms with Gasteiger partial charge in [-0.25, -0.2) is 4.98 Å². The number of hydrogen-bond donors (Lipinski definition) is 1. The van der Waals surface area contributed by atoms with Crippen molar-refractivity contribution in [1.29, 1.82) is 0 Å². The second-order valence-corrected chi connectivity index (χ2v) is 5.28. The lowest BCUT2D eigenvalue weighted by atomic mass is 10.0. The van der Waals surface area contributed by atoms with Crippen LogP contribution in [0.25, 0.3) is 10.9 Å². The molecule has 0 atom stereocenters. The maximum absolute atomic E-state index is 5.78. The van der Waals surface area contributed by atoms with E-state index in [1.54, 1.807) is 0 Å². The van der Waals surface area contributed by atoms with Crippen molar-refractivity contribution in [2.24, 2.45) is 5.73 Å². The number of nitrogens with zero attached hydrogens (tertiary/aromatic N) is 2. The molecule has 0 aliphatic rings. The number of nitrogens with two attached hydrogens (primary N) is 1. The monoisotopic (exact) mass is 271 g/mol. The van der Waals surface area contributed by atoms with Crippen molar-refractivity contribution in [2.45, 2.75) is 34.1 Å². The van der Waals surface area contributed by atoms with Crippen molar-refractivity contribution in [3.05, 3.63) is 34.9 Å². The first-order valence-electron chi connectivity index (χ1n) is 7.47. The van der Waals surface area contributed by atoms with Crippen LogP contribution >= 0.6 is 0 Å². The Morgan fingerprint density at radius 2 is 1.75 bits per heavy atom. The molecule has 2 aromatic rings. The summed E-state index contributed by atoms with van der Waals surface area (Å²) in [5.74, 6) is 1.10. The van der Waals surface area contributed by atoms with E-state index in [2.05, 4.69) is 50.8 Å². The van der Waals surface area contributed by atoms with Gasteiger partial charge in [-0.1, -0.05) is 12.1 Å². The summed E-state index contributed by atoms with van der Waals surface area (Å²) in [5.41, 5.74) is 10.7. The lowest BCUT2D eigenvalue weighted by molar-refractivity contribution is 0.830. The second kappa shape index (κ2) is 6.23. The van der Waals surface area contributed by atoms with Crippen LogP contribution < -0.4 is 10.6 Å². The van der Waals surface area contributed by atoms with Gasteiger partial charge in [0.15, 0.2) is 0 Å². The van der Waals surface area contributed by atoms with Gasteiger partial charge in [-0.3, -0.25) is 0 Å². The zero-order valence-corrected chi connectivity index (χ0v) is 13.0. The highest BCUT2D eigenvalue weighted by atomic mass is 15.2. The van der Waals surface area contributed by atoms with Crippen LogP contribution in [-0.4, -0.2) is 24.6 Å². The Morgan fingerprint density at radius 3 is 2.35 bits per heavy atom. The van der Waals surface area contributed by atoms with Crippen LogP contribution in [0.5, 0.6) is 0 Å². The van der Waals surface area contributed by atoms with E-state index in [0.29, 0.717) is 6.54 Å². The Morgan fingerprint density at radius 1 is 1.10 bits per heavy atom. The molecule has 2 N–H and O–H groups in total. The Balaban J connectivity index is 2.71. The van der Waals surface area contributed by atoms with E-state index in [9.17, 15) is 0 Å². The highest BCUT2D eigenvalue weighted by molar-refractivity contribution is 5.87. The largest absolute Gasteiger partial charge is 0.357 e. The fourth-order valence-electron chi connectivity index (χ4n) is 2.70. The third-order valence-electron chi connectivity index (χ3n) is 3.94. The van der Waals surface area contributed by atoms with Gasteiger partial charge in [-0.15, -0.1) is 0 Å². The SMILES string of the molecule is CCN(CC)c1nc2c(C)ccc(C)c2cc1CCN. The van der Waals surface area contributed by atoms with Gasteiger partial charge in [0.25, 0.3) is 0 Å². The van der Waals surface area contributed by atoms with Crippen LogP contribution in [0.1, 0.15) is 30.5 Å². The number of fused-ring (bicyclic) bond motifs is 1. The fraction of sp³-hybridized carbons (Fsp3) is 0.471. The molecular weight excluding hydrogens is 246 g/mol. The summed E-state index contributed by atoms with van der Waals surface area (Å²) in [6.45, 7) is 11.2. The predicted octanol–water partition coefficient (Wildman–Crippen LogP) is 3.20. The third-order valence-corrected chi connectivity index (χ3v) is 3.94. The molecule has 0 radical (unpaired) electrons. The third kappa shape index (κ3) is 2.63. The fourth-order valence-corrected chi connectivity index (χ4v) is 2.70. The highest BCUT2D eigenvalue weighted by Gasteiger charge is 2.13. The molecule has 3 nitrogen and oxygen atoms in total. The van der Waals surface area contributed by atoms with Crippen molar-refractivity contribution in [3.8, 4) is 0 Å². The molecule has 0 aliphatic carbocycles. The Labute approximate surface area is 121 Å². The minimum absolute atomic E-state index is 0.659. The summed E-state index contributed by atoms with van der Waals surface area (Å²) in [6, 6.07) is 6.60. The van der Waals surface area contributed by atoms with Gasteiger partial charge < -0.3 is 10.6 Å². The molecule has 1 aromatic heterocycles. The van der Waals surface area contributed by atoms with E-state index < -0.39 is 0 Å². The molecule has 1 heterocycles. The number of pyridine rings is 1. The van der Waals surface area contributed by atoms with E-state index in [1.165, 1.54) is 22.1 Å². The molecule has 1 aromatic carbocycles. The maximum Gasteiger partial charge on any atom is 0.132 e. The molecule has 0 saturated carbocycles. The smallest absolute Gasteiger partial charge is 0.132 e. The van der Waals surface area contributed by atoms with Gasteiger partial charge >= 0.3 is 0 Å². The van der Waals surface area contributed by atoms with Gasteiger partial charge in [-0.05, 0) is 63.4 Å². The Hall–Kier alpha value is -1.61. The average Bonchev–Trinajstić information content (AvgIpc) is 2.45. The Bertz CT molecular complexity index is 601. The first-order valence-corrected chi connectivity index (χ1v) is 7.47. The van der Waals surface area contributed by atoms with Crippen LogP contribution in [0, 0.1) is 13.8 Å². The molecule has 0 unspecified atom stereocenters. The van der Waals surface area contributed by atoms with Crippen molar-refractivity contribution < 1.29 is 0 Å². The standard InChI is InChI=1S/C17H25N3/c1-5-20(6-2)17-14(9-10-18)11-15-12(3)7-8-13(4)16(15)19-17/h7-8,11H,5-6,9-10,18H2,1-4H3. The minimum Gasteiger partial charge on any atom is -0.357 e. The lowest BCUT2D eigenvalue weighted by Gasteiger charge is -2.24. The lowest BCUT2D eigenvalue weighted by Crippen LogP contribution is -2.25. The first kappa shape index (κ1) is 14.8. The average molecular weight is 271 g/mol. The number of rotatable bonds is 5. The van der Waals surface area contributed by atoms with Crippen molar-refractivity contribution in [1.82, 2.24) is 4.98 Å². The van der Waals surface area contributed by atoms with E-state index in [1.807, 2.05) is 0 Å². The topological polar surface area (TPSA) is 42.2 Å². The normalized spacial score (nSPS) is 11.1. The van der Waals surface area contributed by atoms with Gasteiger partial charge in [0, 0.05) is 18.5 Å². The summed E-state index contributed by atoms with van der Waals surface area (Å²) in [7, 11) is 0. The van der Waals surface area contributed by atoms with Crippen molar-refractivity contribution in [3.63, 3.8) is 0 Å². The number of benzene rings is 1. The Kier molecular flexibility index (Phi) is 4.61. The molecule has 0 amide bonds. The summed E-state index contributed by atoms with van der Waals surface area (Å²) >= 11 is 0. The molecule has 0 spiro atoms. The van der Waals surface area contributed by atoms with Gasteiger partial charge in [-0.2, -0.15) is 0 Å². The number of hydrogen-bond acceptors (Lipinski definition) is 3. The first-order chi connectivity index (χ1) is 9.62. The number of anilines is 1.